The van der Waals surface area contributed by atoms with Gasteiger partial charge in [-0.2, -0.15) is 0 Å². The van der Waals surface area contributed by atoms with E-state index in [1.807, 2.05) is 0 Å². The Bertz CT molecular complexity index is 146. The number of hydrogen-bond donors (Lipinski definition) is 2. The Balaban J connectivity index is 3.90. The molecule has 0 aromatic rings. The van der Waals surface area contributed by atoms with Crippen molar-refractivity contribution in [2.75, 3.05) is 6.61 Å². The van der Waals surface area contributed by atoms with E-state index in [-0.39, 0.29) is 6.61 Å². The van der Waals surface area contributed by atoms with Crippen LogP contribution in [0.3, 0.4) is 0 Å². The lowest BCUT2D eigenvalue weighted by molar-refractivity contribution is 0.169. The molecule has 0 aliphatic rings. The second kappa shape index (κ2) is 2.96. The van der Waals surface area contributed by atoms with Gasteiger partial charge in [-0.3, -0.25) is 0 Å². The summed E-state index contributed by atoms with van der Waals surface area (Å²) in [6, 6.07) is 0. The fraction of sp³-hybridized carbons (Fsp3) is 0.667. The highest BCUT2D eigenvalue weighted by molar-refractivity contribution is 7.69. The molecule has 5 nitrogen and oxygen atoms in total. The third kappa shape index (κ3) is 3.24. The topological polar surface area (TPSA) is 83.8 Å². The molecule has 0 bridgehead atoms. The second-order valence-electron chi connectivity index (χ2n) is 1.24. The number of carbonyl (C=O) groups excluding carboxylic acids is 1. The highest BCUT2D eigenvalue weighted by Crippen LogP contribution is 2.36. The molecule has 0 rings (SSSR count). The summed E-state index contributed by atoms with van der Waals surface area (Å²) in [4.78, 5) is 26.2. The molecule has 0 saturated heterocycles. The van der Waals surface area contributed by atoms with Crippen LogP contribution in [0.4, 0.5) is 4.79 Å². The summed E-state index contributed by atoms with van der Waals surface area (Å²) in [6.45, 7) is 1.44. The zero-order chi connectivity index (χ0) is 7.49. The summed E-state index contributed by atoms with van der Waals surface area (Å²) in [7, 11) is -4.63. The molecule has 0 aliphatic heterocycles. The fourth-order valence-corrected chi connectivity index (χ4v) is 0.505. The van der Waals surface area contributed by atoms with Gasteiger partial charge in [0.15, 0.2) is 0 Å². The van der Waals surface area contributed by atoms with E-state index in [4.69, 9.17) is 9.79 Å². The first-order valence-corrected chi connectivity index (χ1v) is 3.82. The summed E-state index contributed by atoms with van der Waals surface area (Å²) >= 11 is 0. The molecule has 0 aromatic carbocycles. The maximum Gasteiger partial charge on any atom is 0.433 e. The van der Waals surface area contributed by atoms with Crippen molar-refractivity contribution in [2.24, 2.45) is 0 Å². The lowest BCUT2D eigenvalue weighted by Crippen LogP contribution is -2.01. The highest BCUT2D eigenvalue weighted by atomic mass is 31.2. The van der Waals surface area contributed by atoms with Crippen molar-refractivity contribution in [3.8, 4) is 0 Å². The van der Waals surface area contributed by atoms with Crippen molar-refractivity contribution in [3.05, 3.63) is 0 Å². The number of hydrogen-bond acceptors (Lipinski definition) is 3. The van der Waals surface area contributed by atoms with Gasteiger partial charge in [-0.15, -0.1) is 0 Å². The van der Waals surface area contributed by atoms with Crippen LogP contribution in [0, 0.1) is 0 Å². The first-order chi connectivity index (χ1) is 3.98. The van der Waals surface area contributed by atoms with Crippen molar-refractivity contribution >= 4 is 13.3 Å². The molecule has 0 atom stereocenters. The lowest BCUT2D eigenvalue weighted by Gasteiger charge is -2.00. The van der Waals surface area contributed by atoms with Crippen molar-refractivity contribution in [2.45, 2.75) is 6.92 Å². The Morgan fingerprint density at radius 3 is 2.22 bits per heavy atom. The van der Waals surface area contributed by atoms with E-state index in [2.05, 4.69) is 4.74 Å². The quantitative estimate of drug-likeness (QED) is 0.559. The Morgan fingerprint density at radius 1 is 1.67 bits per heavy atom. The third-order valence-corrected chi connectivity index (χ3v) is 1.11. The Morgan fingerprint density at radius 2 is 2.11 bits per heavy atom. The number of carbonyl (C=O) groups is 1. The predicted octanol–water partition coefficient (Wildman–Crippen LogP) is 0.321. The van der Waals surface area contributed by atoms with Gasteiger partial charge in [0.1, 0.15) is 0 Å². The standard InChI is InChI=1S/C3H7O5P/c1-2-8-3(4)9(5,6)7/h2H2,1H3,(H2,5,6,7). The van der Waals surface area contributed by atoms with Crippen LogP contribution in [-0.4, -0.2) is 22.1 Å². The van der Waals surface area contributed by atoms with Gasteiger partial charge in [-0.05, 0) is 6.92 Å². The molecule has 0 radical (unpaired) electrons. The molecule has 0 saturated carbocycles. The summed E-state index contributed by atoms with van der Waals surface area (Å²) in [5.74, 6) is 0. The van der Waals surface area contributed by atoms with Gasteiger partial charge in [-0.25, -0.2) is 9.36 Å². The average molecular weight is 154 g/mol. The summed E-state index contributed by atoms with van der Waals surface area (Å²) < 4.78 is 13.9. The zero-order valence-electron chi connectivity index (χ0n) is 4.77. The third-order valence-electron chi connectivity index (χ3n) is 0.506. The molecule has 0 spiro atoms. The van der Waals surface area contributed by atoms with E-state index >= 15 is 0 Å². The lowest BCUT2D eigenvalue weighted by atomic mass is 10.9. The minimum atomic E-state index is -4.63. The molecule has 0 aromatic heterocycles. The molecular formula is C3H7O5P. The van der Waals surface area contributed by atoms with Crippen molar-refractivity contribution in [3.63, 3.8) is 0 Å². The largest absolute Gasteiger partial charge is 0.457 e. The van der Waals surface area contributed by atoms with Crippen LogP contribution >= 0.6 is 7.60 Å². The summed E-state index contributed by atoms with van der Waals surface area (Å²) in [6.07, 6.45) is 0. The van der Waals surface area contributed by atoms with Gasteiger partial charge in [0.25, 0.3) is 0 Å². The monoisotopic (exact) mass is 154 g/mol. The molecule has 6 heteroatoms. The minimum absolute atomic E-state index is 0.0239. The van der Waals surface area contributed by atoms with Crippen LogP contribution in [0.15, 0.2) is 0 Å². The molecule has 0 unspecified atom stereocenters. The average Bonchev–Trinajstić information content (AvgIpc) is 1.64. The second-order valence-corrected chi connectivity index (χ2v) is 2.70. The summed E-state index contributed by atoms with van der Waals surface area (Å²) in [5.41, 5.74) is -1.47. The van der Waals surface area contributed by atoms with Gasteiger partial charge in [0.2, 0.25) is 0 Å². The van der Waals surface area contributed by atoms with Crippen LogP contribution in [0.2, 0.25) is 0 Å². The number of rotatable bonds is 2. The molecule has 54 valence electrons. The zero-order valence-corrected chi connectivity index (χ0v) is 5.67. The van der Waals surface area contributed by atoms with E-state index < -0.39 is 13.3 Å². The number of ether oxygens (including phenoxy) is 1. The van der Waals surface area contributed by atoms with Gasteiger partial charge >= 0.3 is 13.3 Å². The van der Waals surface area contributed by atoms with Gasteiger partial charge in [0, 0.05) is 0 Å². The van der Waals surface area contributed by atoms with Gasteiger partial charge in [-0.1, -0.05) is 0 Å². The van der Waals surface area contributed by atoms with Gasteiger partial charge in [0.05, 0.1) is 6.61 Å². The van der Waals surface area contributed by atoms with E-state index in [1.165, 1.54) is 6.92 Å². The maximum atomic E-state index is 10.1. The van der Waals surface area contributed by atoms with E-state index in [0.29, 0.717) is 0 Å². The van der Waals surface area contributed by atoms with Crippen LogP contribution in [0.25, 0.3) is 0 Å². The van der Waals surface area contributed by atoms with Crippen molar-refractivity contribution in [1.29, 1.82) is 0 Å². The SMILES string of the molecule is CCOC(=O)P(=O)(O)O. The van der Waals surface area contributed by atoms with Crippen LogP contribution < -0.4 is 0 Å². The molecule has 0 heterocycles. The molecular weight excluding hydrogens is 147 g/mol. The smallest absolute Gasteiger partial charge is 0.433 e. The predicted molar refractivity (Wildman–Crippen MR) is 29.1 cm³/mol. The van der Waals surface area contributed by atoms with Crippen LogP contribution in [0.5, 0.6) is 0 Å². The molecule has 9 heavy (non-hydrogen) atoms. The minimum Gasteiger partial charge on any atom is -0.457 e. The molecule has 2 N–H and O–H groups in total. The fourth-order valence-electron chi connectivity index (χ4n) is 0.208. The van der Waals surface area contributed by atoms with E-state index in [9.17, 15) is 9.36 Å². The van der Waals surface area contributed by atoms with E-state index in [0.717, 1.165) is 0 Å². The van der Waals surface area contributed by atoms with Crippen molar-refractivity contribution < 1.29 is 23.9 Å². The Kier molecular flexibility index (Phi) is 2.84. The molecule has 0 amide bonds. The van der Waals surface area contributed by atoms with E-state index in [1.54, 1.807) is 0 Å². The van der Waals surface area contributed by atoms with Gasteiger partial charge < -0.3 is 14.5 Å². The normalized spacial score (nSPS) is 11.0. The van der Waals surface area contributed by atoms with Crippen LogP contribution in [0.1, 0.15) is 6.92 Å². The van der Waals surface area contributed by atoms with Crippen molar-refractivity contribution in [1.82, 2.24) is 0 Å². The first-order valence-electron chi connectivity index (χ1n) is 2.21. The molecule has 0 fully saturated rings. The Hall–Kier alpha value is -0.380. The first kappa shape index (κ1) is 8.62. The summed E-state index contributed by atoms with van der Waals surface area (Å²) in [5, 5.41) is 0. The highest BCUT2D eigenvalue weighted by Gasteiger charge is 2.26. The maximum absolute atomic E-state index is 10.1. The molecule has 0 aliphatic carbocycles. The Labute approximate surface area is 51.8 Å². The van der Waals surface area contributed by atoms with Crippen LogP contribution in [-0.2, 0) is 9.30 Å².